The molecule has 2 heterocycles. The molecule has 8 heteroatoms. The molecule has 0 aromatic heterocycles. The van der Waals surface area contributed by atoms with Crippen LogP contribution in [0.2, 0.25) is 0 Å². The molecule has 2 saturated heterocycles. The van der Waals surface area contributed by atoms with Gasteiger partial charge in [-0.1, -0.05) is 30.3 Å². The van der Waals surface area contributed by atoms with E-state index in [1.165, 1.54) is 9.80 Å². The monoisotopic (exact) mass is 389 g/mol. The number of esters is 1. The van der Waals surface area contributed by atoms with Gasteiger partial charge in [-0.2, -0.15) is 0 Å². The van der Waals surface area contributed by atoms with Crippen LogP contribution in [0.3, 0.4) is 0 Å². The average Bonchev–Trinajstić information content (AvgIpc) is 3.40. The molecule has 2 amide bonds. The summed E-state index contributed by atoms with van der Waals surface area (Å²) in [6, 6.07) is 7.09. The highest BCUT2D eigenvalue weighted by atomic mass is 16.5. The number of aliphatic hydroxyl groups is 1. The molecule has 1 aromatic rings. The number of aliphatic hydroxyl groups excluding tert-OH is 1. The van der Waals surface area contributed by atoms with E-state index >= 15 is 0 Å². The molecule has 3 rings (SSSR count). The van der Waals surface area contributed by atoms with Crippen LogP contribution in [0, 0.1) is 0 Å². The van der Waals surface area contributed by atoms with Crippen molar-refractivity contribution in [3.05, 3.63) is 35.9 Å². The largest absolute Gasteiger partial charge is 0.459 e. The smallest absolute Gasteiger partial charge is 0.329 e. The fourth-order valence-electron chi connectivity index (χ4n) is 3.87. The predicted molar refractivity (Wildman–Crippen MR) is 101 cm³/mol. The summed E-state index contributed by atoms with van der Waals surface area (Å²) in [7, 11) is 0. The van der Waals surface area contributed by atoms with E-state index in [4.69, 9.17) is 15.6 Å². The van der Waals surface area contributed by atoms with Gasteiger partial charge in [0.25, 0.3) is 0 Å². The number of hydrogen-bond acceptors (Lipinski definition) is 6. The van der Waals surface area contributed by atoms with E-state index < -0.39 is 36.6 Å². The lowest BCUT2D eigenvalue weighted by Crippen LogP contribution is -2.54. The molecular formula is C20H27N3O5. The molecule has 3 N–H and O–H groups in total. The van der Waals surface area contributed by atoms with Crippen LogP contribution in [0.5, 0.6) is 0 Å². The van der Waals surface area contributed by atoms with Crippen LogP contribution < -0.4 is 5.73 Å². The van der Waals surface area contributed by atoms with E-state index in [2.05, 4.69) is 0 Å². The zero-order valence-corrected chi connectivity index (χ0v) is 15.8. The lowest BCUT2D eigenvalue weighted by Gasteiger charge is -2.31. The number of likely N-dealkylation sites (tertiary alicyclic amines) is 2. The third-order valence-corrected chi connectivity index (χ3v) is 5.37. The van der Waals surface area contributed by atoms with Gasteiger partial charge >= 0.3 is 5.97 Å². The van der Waals surface area contributed by atoms with Crippen molar-refractivity contribution in [2.75, 3.05) is 19.7 Å². The minimum atomic E-state index is -1.03. The Hall–Kier alpha value is -2.45. The summed E-state index contributed by atoms with van der Waals surface area (Å²) >= 11 is 0. The van der Waals surface area contributed by atoms with Crippen LogP contribution in [0.1, 0.15) is 31.2 Å². The fraction of sp³-hybridized carbons (Fsp3) is 0.550. The van der Waals surface area contributed by atoms with Crippen molar-refractivity contribution < 1.29 is 24.2 Å². The van der Waals surface area contributed by atoms with Crippen molar-refractivity contribution >= 4 is 17.8 Å². The summed E-state index contributed by atoms with van der Waals surface area (Å²) in [5.74, 6) is -1.09. The Bertz CT molecular complexity index is 711. The van der Waals surface area contributed by atoms with Crippen LogP contribution in [-0.4, -0.2) is 70.5 Å². The number of carbonyl (C=O) groups is 3. The molecule has 3 atom stereocenters. The Balaban J connectivity index is 1.63. The maximum absolute atomic E-state index is 13.1. The summed E-state index contributed by atoms with van der Waals surface area (Å²) in [5, 5.41) is 9.14. The summed E-state index contributed by atoms with van der Waals surface area (Å²) in [4.78, 5) is 41.0. The zero-order valence-electron chi connectivity index (χ0n) is 15.8. The molecule has 152 valence electrons. The molecule has 8 nitrogen and oxygen atoms in total. The molecule has 2 aliphatic heterocycles. The van der Waals surface area contributed by atoms with E-state index in [0.717, 1.165) is 5.56 Å². The predicted octanol–water partition coefficient (Wildman–Crippen LogP) is 0.0314. The number of nitrogens with zero attached hydrogens (tertiary/aromatic N) is 2. The molecular weight excluding hydrogens is 362 g/mol. The van der Waals surface area contributed by atoms with Gasteiger partial charge in [-0.05, 0) is 31.2 Å². The number of rotatable bonds is 6. The van der Waals surface area contributed by atoms with Crippen LogP contribution in [0.4, 0.5) is 0 Å². The van der Waals surface area contributed by atoms with Crippen LogP contribution in [0.15, 0.2) is 30.3 Å². The number of carbonyl (C=O) groups excluding carboxylic acids is 3. The van der Waals surface area contributed by atoms with Crippen molar-refractivity contribution in [1.29, 1.82) is 0 Å². The highest BCUT2D eigenvalue weighted by Gasteiger charge is 2.43. The number of nitrogens with two attached hydrogens (primary N) is 1. The van der Waals surface area contributed by atoms with Crippen molar-refractivity contribution in [3.8, 4) is 0 Å². The molecule has 0 radical (unpaired) electrons. The second kappa shape index (κ2) is 9.16. The van der Waals surface area contributed by atoms with Crippen molar-refractivity contribution in [2.24, 2.45) is 5.73 Å². The van der Waals surface area contributed by atoms with Crippen molar-refractivity contribution in [2.45, 2.75) is 50.4 Å². The molecule has 0 spiro atoms. The lowest BCUT2D eigenvalue weighted by atomic mass is 10.1. The Labute approximate surface area is 164 Å². The topological polar surface area (TPSA) is 113 Å². The molecule has 2 fully saturated rings. The first-order valence-corrected chi connectivity index (χ1v) is 9.71. The van der Waals surface area contributed by atoms with E-state index in [1.54, 1.807) is 0 Å². The third kappa shape index (κ3) is 4.34. The maximum atomic E-state index is 13.1. The summed E-state index contributed by atoms with van der Waals surface area (Å²) in [5.41, 5.74) is 6.53. The van der Waals surface area contributed by atoms with Gasteiger partial charge in [-0.25, -0.2) is 4.79 Å². The van der Waals surface area contributed by atoms with Crippen molar-refractivity contribution in [1.82, 2.24) is 9.80 Å². The van der Waals surface area contributed by atoms with Crippen LogP contribution in [-0.2, 0) is 25.7 Å². The normalized spacial score (nSPS) is 22.9. The molecule has 0 saturated carbocycles. The van der Waals surface area contributed by atoms with Crippen LogP contribution >= 0.6 is 0 Å². The Morgan fingerprint density at radius 3 is 2.39 bits per heavy atom. The highest BCUT2D eigenvalue weighted by molar-refractivity contribution is 5.92. The lowest BCUT2D eigenvalue weighted by molar-refractivity contribution is -0.156. The van der Waals surface area contributed by atoms with Crippen molar-refractivity contribution in [3.63, 3.8) is 0 Å². The summed E-state index contributed by atoms with van der Waals surface area (Å²) < 4.78 is 5.42. The van der Waals surface area contributed by atoms with Gasteiger partial charge < -0.3 is 25.4 Å². The minimum absolute atomic E-state index is 0.164. The Morgan fingerprint density at radius 1 is 1.07 bits per heavy atom. The van der Waals surface area contributed by atoms with Gasteiger partial charge in [-0.15, -0.1) is 0 Å². The van der Waals surface area contributed by atoms with Crippen LogP contribution in [0.25, 0.3) is 0 Å². The number of amides is 2. The first kappa shape index (κ1) is 20.3. The van der Waals surface area contributed by atoms with Gasteiger partial charge in [0.15, 0.2) is 0 Å². The number of benzene rings is 1. The zero-order chi connectivity index (χ0) is 20.1. The maximum Gasteiger partial charge on any atom is 0.329 e. The summed E-state index contributed by atoms with van der Waals surface area (Å²) in [6.45, 7) is 0.598. The Morgan fingerprint density at radius 2 is 1.71 bits per heavy atom. The SMILES string of the molecule is N[C@@H](CO)C(=O)N1CCC[C@H]1C(=O)N1CCC[C@H]1C(=O)OCc1ccccc1. The molecule has 28 heavy (non-hydrogen) atoms. The highest BCUT2D eigenvalue weighted by Crippen LogP contribution is 2.26. The average molecular weight is 389 g/mol. The van der Waals surface area contributed by atoms with Gasteiger partial charge in [0.1, 0.15) is 24.7 Å². The first-order chi connectivity index (χ1) is 13.5. The molecule has 2 aliphatic rings. The fourth-order valence-corrected chi connectivity index (χ4v) is 3.87. The van der Waals surface area contributed by atoms with E-state index in [-0.39, 0.29) is 12.5 Å². The molecule has 0 aliphatic carbocycles. The second-order valence-electron chi connectivity index (χ2n) is 7.26. The van der Waals surface area contributed by atoms with Gasteiger partial charge in [0.2, 0.25) is 11.8 Å². The standard InChI is InChI=1S/C20H27N3O5/c21-15(12-24)18(25)22-10-4-8-16(22)19(26)23-11-5-9-17(23)20(27)28-13-14-6-2-1-3-7-14/h1-3,6-7,15-17,24H,4-5,8-13,21H2/t15-,16-,17-/m0/s1. The number of ether oxygens (including phenoxy) is 1. The number of hydrogen-bond donors (Lipinski definition) is 2. The van der Waals surface area contributed by atoms with Gasteiger partial charge in [-0.3, -0.25) is 9.59 Å². The molecule has 1 aromatic carbocycles. The Kier molecular flexibility index (Phi) is 6.64. The molecule has 0 bridgehead atoms. The molecule has 0 unspecified atom stereocenters. The quantitative estimate of drug-likeness (QED) is 0.664. The van der Waals surface area contributed by atoms with Gasteiger partial charge in [0.05, 0.1) is 6.61 Å². The second-order valence-corrected chi connectivity index (χ2v) is 7.26. The van der Waals surface area contributed by atoms with E-state index in [1.807, 2.05) is 30.3 Å². The van der Waals surface area contributed by atoms with E-state index in [9.17, 15) is 14.4 Å². The first-order valence-electron chi connectivity index (χ1n) is 9.71. The third-order valence-electron chi connectivity index (χ3n) is 5.37. The van der Waals surface area contributed by atoms with E-state index in [0.29, 0.717) is 38.8 Å². The summed E-state index contributed by atoms with van der Waals surface area (Å²) in [6.07, 6.45) is 2.49. The minimum Gasteiger partial charge on any atom is -0.459 e. The van der Waals surface area contributed by atoms with Gasteiger partial charge in [0, 0.05) is 13.1 Å².